The molecule has 0 bridgehead atoms. The van der Waals surface area contributed by atoms with Gasteiger partial charge in [-0.15, -0.1) is 0 Å². The quantitative estimate of drug-likeness (QED) is 0.293. The standard InChI is InChI=1S/C31H25F2N5O3/c1-18(39)30-23-7-2-3-10-26(23)38(36-30)17-28(40)37-16-21(32)15-27(37)31(41)35-24-9-4-8-22(29(24)33)20-12-11-19-6-5-13-34-25(19)14-20/h2-14,21,27H,15-17H2,1H3,(H,35,41)/t21-,27+/m1/s1. The number of anilines is 1. The number of aromatic nitrogens is 3. The highest BCUT2D eigenvalue weighted by molar-refractivity contribution is 6.05. The summed E-state index contributed by atoms with van der Waals surface area (Å²) in [5.41, 5.74) is 2.28. The molecule has 3 aromatic carbocycles. The maximum atomic E-state index is 15.6. The summed E-state index contributed by atoms with van der Waals surface area (Å²) >= 11 is 0. The number of carbonyl (C=O) groups excluding carboxylic acids is 3. The molecule has 2 atom stereocenters. The molecule has 10 heteroatoms. The third kappa shape index (κ3) is 4.93. The van der Waals surface area contributed by atoms with Crippen molar-refractivity contribution in [1.29, 1.82) is 0 Å². The lowest BCUT2D eigenvalue weighted by Crippen LogP contribution is -2.44. The van der Waals surface area contributed by atoms with Crippen molar-refractivity contribution in [3.05, 3.63) is 90.5 Å². The third-order valence-electron chi connectivity index (χ3n) is 7.32. The average molecular weight is 554 g/mol. The second-order valence-corrected chi connectivity index (χ2v) is 10.0. The van der Waals surface area contributed by atoms with Gasteiger partial charge in [-0.25, -0.2) is 8.78 Å². The molecule has 2 aromatic heterocycles. The molecule has 0 saturated carbocycles. The van der Waals surface area contributed by atoms with Gasteiger partial charge in [-0.05, 0) is 29.8 Å². The molecule has 1 saturated heterocycles. The zero-order valence-corrected chi connectivity index (χ0v) is 22.1. The minimum absolute atomic E-state index is 0.0764. The lowest BCUT2D eigenvalue weighted by Gasteiger charge is -2.24. The van der Waals surface area contributed by atoms with E-state index in [1.54, 1.807) is 54.7 Å². The Balaban J connectivity index is 1.23. The summed E-state index contributed by atoms with van der Waals surface area (Å²) in [6, 6.07) is 19.6. The monoisotopic (exact) mass is 553 g/mol. The van der Waals surface area contributed by atoms with Crippen molar-refractivity contribution >= 4 is 45.1 Å². The number of carbonyl (C=O) groups is 3. The number of benzene rings is 3. The van der Waals surface area contributed by atoms with Gasteiger partial charge in [-0.3, -0.25) is 24.0 Å². The Morgan fingerprint density at radius 3 is 2.68 bits per heavy atom. The molecule has 3 heterocycles. The Hall–Kier alpha value is -4.99. The summed E-state index contributed by atoms with van der Waals surface area (Å²) in [5, 5.41) is 8.37. The summed E-state index contributed by atoms with van der Waals surface area (Å²) in [6.45, 7) is 0.826. The average Bonchev–Trinajstić information content (AvgIpc) is 3.55. The van der Waals surface area contributed by atoms with Gasteiger partial charge >= 0.3 is 0 Å². The van der Waals surface area contributed by atoms with Gasteiger partial charge in [0.25, 0.3) is 0 Å². The molecule has 0 radical (unpaired) electrons. The lowest BCUT2D eigenvalue weighted by molar-refractivity contribution is -0.137. The Bertz CT molecular complexity index is 1840. The molecule has 1 fully saturated rings. The second kappa shape index (κ2) is 10.5. The second-order valence-electron chi connectivity index (χ2n) is 10.0. The molecule has 8 nitrogen and oxygen atoms in total. The minimum atomic E-state index is -1.42. The Morgan fingerprint density at radius 1 is 1.02 bits per heavy atom. The number of pyridine rings is 1. The predicted molar refractivity (Wildman–Crippen MR) is 151 cm³/mol. The Labute approximate surface area is 233 Å². The van der Waals surface area contributed by atoms with Crippen LogP contribution >= 0.6 is 0 Å². The van der Waals surface area contributed by atoms with Gasteiger partial charge in [-0.2, -0.15) is 5.10 Å². The number of fused-ring (bicyclic) bond motifs is 2. The Morgan fingerprint density at radius 2 is 1.85 bits per heavy atom. The van der Waals surface area contributed by atoms with Crippen molar-refractivity contribution in [2.45, 2.75) is 32.1 Å². The molecular weight excluding hydrogens is 528 g/mol. The summed E-state index contributed by atoms with van der Waals surface area (Å²) in [5.74, 6) is -2.13. The number of ketones is 1. The van der Waals surface area contributed by atoms with E-state index in [0.717, 1.165) is 10.3 Å². The number of amides is 2. The molecule has 1 aliphatic rings. The van der Waals surface area contributed by atoms with Crippen molar-refractivity contribution in [2.24, 2.45) is 0 Å². The zero-order chi connectivity index (χ0) is 28.7. The van der Waals surface area contributed by atoms with Crippen molar-refractivity contribution in [3.63, 3.8) is 0 Å². The molecule has 0 spiro atoms. The Kier molecular flexibility index (Phi) is 6.74. The number of hydrogen-bond donors (Lipinski definition) is 1. The van der Waals surface area contributed by atoms with E-state index in [0.29, 0.717) is 22.0 Å². The number of nitrogens with zero attached hydrogens (tertiary/aromatic N) is 4. The van der Waals surface area contributed by atoms with E-state index in [-0.39, 0.29) is 42.2 Å². The van der Waals surface area contributed by atoms with Crippen molar-refractivity contribution in [1.82, 2.24) is 19.7 Å². The fourth-order valence-electron chi connectivity index (χ4n) is 5.34. The van der Waals surface area contributed by atoms with Gasteiger partial charge in [-0.1, -0.05) is 48.5 Å². The van der Waals surface area contributed by atoms with Gasteiger partial charge in [0, 0.05) is 35.9 Å². The van der Waals surface area contributed by atoms with Crippen LogP contribution in [0, 0.1) is 5.82 Å². The van der Waals surface area contributed by atoms with E-state index in [1.807, 2.05) is 18.2 Å². The number of para-hydroxylation sites is 1. The van der Waals surface area contributed by atoms with E-state index in [1.165, 1.54) is 17.7 Å². The van der Waals surface area contributed by atoms with Crippen LogP contribution in [0.4, 0.5) is 14.5 Å². The maximum absolute atomic E-state index is 15.6. The third-order valence-corrected chi connectivity index (χ3v) is 7.32. The maximum Gasteiger partial charge on any atom is 0.247 e. The van der Waals surface area contributed by atoms with Gasteiger partial charge in [0.1, 0.15) is 24.5 Å². The van der Waals surface area contributed by atoms with Gasteiger partial charge in [0.2, 0.25) is 11.8 Å². The van der Waals surface area contributed by atoms with E-state index in [9.17, 15) is 18.8 Å². The summed E-state index contributed by atoms with van der Waals surface area (Å²) in [6.07, 6.45) is 0.0228. The van der Waals surface area contributed by atoms with Crippen LogP contribution in [-0.2, 0) is 16.1 Å². The summed E-state index contributed by atoms with van der Waals surface area (Å²) in [7, 11) is 0. The highest BCUT2D eigenvalue weighted by atomic mass is 19.1. The van der Waals surface area contributed by atoms with E-state index >= 15 is 4.39 Å². The first-order valence-corrected chi connectivity index (χ1v) is 13.1. The molecule has 6 rings (SSSR count). The lowest BCUT2D eigenvalue weighted by atomic mass is 10.0. The molecule has 5 aromatic rings. The van der Waals surface area contributed by atoms with Crippen molar-refractivity contribution in [2.75, 3.05) is 11.9 Å². The van der Waals surface area contributed by atoms with E-state index in [4.69, 9.17) is 0 Å². The number of alkyl halides is 1. The molecule has 1 N–H and O–H groups in total. The van der Waals surface area contributed by atoms with Crippen molar-refractivity contribution in [3.8, 4) is 11.1 Å². The summed E-state index contributed by atoms with van der Waals surface area (Å²) in [4.78, 5) is 44.1. The van der Waals surface area contributed by atoms with Crippen LogP contribution in [-0.4, -0.2) is 56.0 Å². The van der Waals surface area contributed by atoms with Gasteiger partial charge in [0.05, 0.1) is 23.3 Å². The number of Topliss-reactive ketones (excluding diaryl/α,β-unsaturated/α-hetero) is 1. The number of rotatable bonds is 6. The van der Waals surface area contributed by atoms with Crippen LogP contribution in [0.3, 0.4) is 0 Å². The number of halogens is 2. The number of nitrogens with one attached hydrogen (secondary N) is 1. The highest BCUT2D eigenvalue weighted by Crippen LogP contribution is 2.31. The first-order chi connectivity index (χ1) is 19.8. The zero-order valence-electron chi connectivity index (χ0n) is 22.1. The van der Waals surface area contributed by atoms with Crippen LogP contribution < -0.4 is 5.32 Å². The molecule has 206 valence electrons. The molecule has 0 aliphatic carbocycles. The fraction of sp³-hybridized carbons (Fsp3) is 0.194. The first kappa shape index (κ1) is 26.2. The normalized spacial score (nSPS) is 16.8. The van der Waals surface area contributed by atoms with Crippen LogP contribution in [0.2, 0.25) is 0 Å². The fourth-order valence-corrected chi connectivity index (χ4v) is 5.34. The smallest absolute Gasteiger partial charge is 0.247 e. The molecular formula is C31H25F2N5O3. The van der Waals surface area contributed by atoms with Crippen LogP contribution in [0.25, 0.3) is 32.9 Å². The molecule has 2 amide bonds. The first-order valence-electron chi connectivity index (χ1n) is 13.1. The molecule has 41 heavy (non-hydrogen) atoms. The van der Waals surface area contributed by atoms with Crippen LogP contribution in [0.5, 0.6) is 0 Å². The number of hydrogen-bond acceptors (Lipinski definition) is 5. The van der Waals surface area contributed by atoms with E-state index in [2.05, 4.69) is 15.4 Å². The largest absolute Gasteiger partial charge is 0.326 e. The van der Waals surface area contributed by atoms with Gasteiger partial charge in [0.15, 0.2) is 11.6 Å². The SMILES string of the molecule is CC(=O)c1nn(CC(=O)N2C[C@H](F)C[C@H]2C(=O)Nc2cccc(-c3ccc4cccnc4c3)c2F)c2ccccc12. The molecule has 1 aliphatic heterocycles. The van der Waals surface area contributed by atoms with Crippen LogP contribution in [0.1, 0.15) is 23.8 Å². The number of likely N-dealkylation sites (tertiary alicyclic amines) is 1. The van der Waals surface area contributed by atoms with Gasteiger partial charge < -0.3 is 10.2 Å². The van der Waals surface area contributed by atoms with E-state index < -0.39 is 29.8 Å². The molecule has 0 unspecified atom stereocenters. The minimum Gasteiger partial charge on any atom is -0.326 e. The topological polar surface area (TPSA) is 97.2 Å². The summed E-state index contributed by atoms with van der Waals surface area (Å²) < 4.78 is 31.6. The van der Waals surface area contributed by atoms with Crippen molar-refractivity contribution < 1.29 is 23.2 Å². The van der Waals surface area contributed by atoms with Crippen LogP contribution in [0.15, 0.2) is 79.0 Å². The highest BCUT2D eigenvalue weighted by Gasteiger charge is 2.40. The predicted octanol–water partition coefficient (Wildman–Crippen LogP) is 5.17.